The minimum Gasteiger partial charge on any atom is -0.494 e. The molecule has 38 heavy (non-hydrogen) atoms. The highest BCUT2D eigenvalue weighted by Crippen LogP contribution is 2.63. The van der Waals surface area contributed by atoms with Gasteiger partial charge in [-0.3, -0.25) is 4.79 Å². The van der Waals surface area contributed by atoms with E-state index in [9.17, 15) is 9.90 Å². The van der Waals surface area contributed by atoms with Crippen LogP contribution in [0.25, 0.3) is 0 Å². The molecule has 210 valence electrons. The number of ketones is 1. The molecule has 4 aliphatic rings. The summed E-state index contributed by atoms with van der Waals surface area (Å²) in [4.78, 5) is 12.0. The number of hydrogen-bond acceptors (Lipinski definition) is 4. The molecule has 0 aromatic heterocycles. The van der Waals surface area contributed by atoms with Gasteiger partial charge in [-0.25, -0.2) is 0 Å². The number of benzene rings is 1. The fourth-order valence-electron chi connectivity index (χ4n) is 9.06. The lowest BCUT2D eigenvalue weighted by atomic mass is 9.51. The number of hydrogen-bond donors (Lipinski definition) is 2. The molecular weight excluding hydrogens is 470 g/mol. The molecule has 0 aliphatic heterocycles. The molecule has 0 bridgehead atoms. The lowest BCUT2D eigenvalue weighted by Crippen LogP contribution is -2.49. The Bertz CT molecular complexity index is 984. The molecule has 3 fully saturated rings. The quantitative estimate of drug-likeness (QED) is 0.315. The van der Waals surface area contributed by atoms with E-state index in [1.165, 1.54) is 24.0 Å². The normalized spacial score (nSPS) is 33.3. The number of fused-ring (bicyclic) bond motifs is 5. The zero-order valence-corrected chi connectivity index (χ0v) is 24.1. The Hall–Kier alpha value is -1.65. The number of nitrogens with one attached hydrogen (secondary N) is 1. The summed E-state index contributed by atoms with van der Waals surface area (Å²) < 4.78 is 6.43. The van der Waals surface area contributed by atoms with Crippen LogP contribution < -0.4 is 10.1 Å². The maximum absolute atomic E-state index is 12.0. The van der Waals surface area contributed by atoms with Gasteiger partial charge >= 0.3 is 0 Å². The second-order valence-corrected chi connectivity index (χ2v) is 12.9. The largest absolute Gasteiger partial charge is 0.494 e. The van der Waals surface area contributed by atoms with Gasteiger partial charge in [0.15, 0.2) is 5.78 Å². The second kappa shape index (κ2) is 12.3. The van der Waals surface area contributed by atoms with Crippen molar-refractivity contribution in [2.75, 3.05) is 6.61 Å². The van der Waals surface area contributed by atoms with Crippen molar-refractivity contribution in [3.05, 3.63) is 41.5 Å². The molecule has 3 saturated carbocycles. The number of ether oxygens (including phenoxy) is 1. The van der Waals surface area contributed by atoms with E-state index in [0.29, 0.717) is 48.1 Å². The number of allylic oxidation sites excluding steroid dienone is 1. The van der Waals surface area contributed by atoms with Gasteiger partial charge < -0.3 is 15.2 Å². The van der Waals surface area contributed by atoms with Gasteiger partial charge in [-0.05, 0) is 118 Å². The first-order chi connectivity index (χ1) is 18.5. The standard InChI is InChI=1S/C34H51NO3/c1-4-8-32(35-25(5-2)6-3)24-9-7-10-27(22-24)38-20-19-34-18-17-29-28-14-12-26(36)21-23(28)11-13-30(29)31(34)15-16-33(34)37/h7,9-10,21-22,25,28-33,35,37H,4-6,8,11-20H2,1-3H3/t28?,29?,30?,31?,32?,33-,34+/m0/s1. The molecule has 4 aliphatic carbocycles. The van der Waals surface area contributed by atoms with Crippen molar-refractivity contribution in [1.82, 2.24) is 5.32 Å². The SMILES string of the molecule is CCCC(NC(CC)CC)c1cccc(OCC[C@]23CCC4C5CCC(=O)C=C5CCC4C2CC[C@@H]3O)c1. The lowest BCUT2D eigenvalue weighted by Gasteiger charge is -2.54. The number of rotatable bonds is 11. The van der Waals surface area contributed by atoms with E-state index < -0.39 is 0 Å². The molecule has 4 nitrogen and oxygen atoms in total. The molecule has 4 heteroatoms. The summed E-state index contributed by atoms with van der Waals surface area (Å²) in [7, 11) is 0. The molecule has 0 radical (unpaired) electrons. The topological polar surface area (TPSA) is 58.6 Å². The van der Waals surface area contributed by atoms with Crippen molar-refractivity contribution in [2.24, 2.45) is 29.1 Å². The molecule has 2 N–H and O–H groups in total. The van der Waals surface area contributed by atoms with Crippen molar-refractivity contribution in [3.63, 3.8) is 0 Å². The number of aliphatic hydroxyl groups excluding tert-OH is 1. The van der Waals surface area contributed by atoms with E-state index >= 15 is 0 Å². The molecule has 0 saturated heterocycles. The maximum atomic E-state index is 12.0. The summed E-state index contributed by atoms with van der Waals surface area (Å²) in [6.45, 7) is 7.47. The average molecular weight is 522 g/mol. The summed E-state index contributed by atoms with van der Waals surface area (Å²) in [6, 6.07) is 9.63. The zero-order chi connectivity index (χ0) is 26.7. The van der Waals surface area contributed by atoms with Crippen LogP contribution in [0.15, 0.2) is 35.9 Å². The predicted octanol–water partition coefficient (Wildman–Crippen LogP) is 7.56. The number of carbonyl (C=O) groups is 1. The molecule has 0 amide bonds. The van der Waals surface area contributed by atoms with Crippen molar-refractivity contribution in [3.8, 4) is 5.75 Å². The molecule has 5 rings (SSSR count). The first-order valence-corrected chi connectivity index (χ1v) is 15.9. The van der Waals surface area contributed by atoms with E-state index in [4.69, 9.17) is 4.74 Å². The zero-order valence-electron chi connectivity index (χ0n) is 24.1. The third-order valence-corrected chi connectivity index (χ3v) is 11.1. The number of carbonyl (C=O) groups excluding carboxylic acids is 1. The van der Waals surface area contributed by atoms with Gasteiger partial charge in [-0.15, -0.1) is 0 Å². The molecule has 7 atom stereocenters. The van der Waals surface area contributed by atoms with E-state index in [1.54, 1.807) is 0 Å². The van der Waals surface area contributed by atoms with E-state index in [1.807, 2.05) is 6.08 Å². The minimum atomic E-state index is -0.202. The van der Waals surface area contributed by atoms with E-state index in [0.717, 1.165) is 76.4 Å². The van der Waals surface area contributed by atoms with Crippen LogP contribution in [-0.2, 0) is 4.79 Å². The Kier molecular flexibility index (Phi) is 8.99. The molecule has 0 heterocycles. The maximum Gasteiger partial charge on any atom is 0.155 e. The van der Waals surface area contributed by atoms with Gasteiger partial charge in [0.1, 0.15) is 5.75 Å². The highest BCUT2D eigenvalue weighted by molar-refractivity contribution is 5.91. The van der Waals surface area contributed by atoms with Crippen molar-refractivity contribution >= 4 is 5.78 Å². The monoisotopic (exact) mass is 521 g/mol. The molecule has 5 unspecified atom stereocenters. The Balaban J connectivity index is 1.24. The highest BCUT2D eigenvalue weighted by Gasteiger charge is 2.57. The fraction of sp³-hybridized carbons (Fsp3) is 0.735. The Labute approximate surface area is 231 Å². The van der Waals surface area contributed by atoms with Gasteiger partial charge in [-0.1, -0.05) is 44.9 Å². The summed E-state index contributed by atoms with van der Waals surface area (Å²) in [5.74, 6) is 3.93. The fourth-order valence-corrected chi connectivity index (χ4v) is 9.06. The van der Waals surface area contributed by atoms with Gasteiger partial charge in [0.2, 0.25) is 0 Å². The molecule has 0 spiro atoms. The van der Waals surface area contributed by atoms with Crippen LogP contribution in [0.5, 0.6) is 5.75 Å². The van der Waals surface area contributed by atoms with Crippen LogP contribution in [0.4, 0.5) is 0 Å². The van der Waals surface area contributed by atoms with Crippen LogP contribution in [0.2, 0.25) is 0 Å². The van der Waals surface area contributed by atoms with Crippen LogP contribution >= 0.6 is 0 Å². The molecule has 1 aromatic rings. The molecule has 1 aromatic carbocycles. The second-order valence-electron chi connectivity index (χ2n) is 12.9. The first-order valence-electron chi connectivity index (χ1n) is 15.9. The molecular formula is C34H51NO3. The van der Waals surface area contributed by atoms with Crippen LogP contribution in [0, 0.1) is 29.1 Å². The van der Waals surface area contributed by atoms with Crippen LogP contribution in [0.1, 0.15) is 116 Å². The van der Waals surface area contributed by atoms with Gasteiger partial charge in [0.05, 0.1) is 12.7 Å². The van der Waals surface area contributed by atoms with Gasteiger partial charge in [0.25, 0.3) is 0 Å². The Morgan fingerprint density at radius 2 is 1.89 bits per heavy atom. The smallest absolute Gasteiger partial charge is 0.155 e. The van der Waals surface area contributed by atoms with E-state index in [-0.39, 0.29) is 11.5 Å². The summed E-state index contributed by atoms with van der Waals surface area (Å²) in [5, 5.41) is 15.2. The summed E-state index contributed by atoms with van der Waals surface area (Å²) in [6.07, 6.45) is 15.8. The van der Waals surface area contributed by atoms with Crippen molar-refractivity contribution in [2.45, 2.75) is 122 Å². The van der Waals surface area contributed by atoms with Crippen molar-refractivity contribution < 1.29 is 14.6 Å². The Morgan fingerprint density at radius 3 is 2.68 bits per heavy atom. The van der Waals surface area contributed by atoms with Crippen LogP contribution in [-0.4, -0.2) is 29.6 Å². The number of aliphatic hydroxyl groups is 1. The third-order valence-electron chi connectivity index (χ3n) is 11.1. The van der Waals surface area contributed by atoms with E-state index in [2.05, 4.69) is 50.4 Å². The third kappa shape index (κ3) is 5.50. The lowest BCUT2D eigenvalue weighted by molar-refractivity contribution is -0.116. The minimum absolute atomic E-state index is 0.00621. The van der Waals surface area contributed by atoms with Crippen LogP contribution in [0.3, 0.4) is 0 Å². The predicted molar refractivity (Wildman–Crippen MR) is 154 cm³/mol. The summed E-state index contributed by atoms with van der Waals surface area (Å²) in [5.41, 5.74) is 2.77. The highest BCUT2D eigenvalue weighted by atomic mass is 16.5. The first kappa shape index (κ1) is 27.9. The van der Waals surface area contributed by atoms with Gasteiger partial charge in [0, 0.05) is 23.9 Å². The van der Waals surface area contributed by atoms with Gasteiger partial charge in [-0.2, -0.15) is 0 Å². The Morgan fingerprint density at radius 1 is 1.05 bits per heavy atom. The average Bonchev–Trinajstić information content (AvgIpc) is 3.27. The van der Waals surface area contributed by atoms with Crippen molar-refractivity contribution in [1.29, 1.82) is 0 Å². The summed E-state index contributed by atoms with van der Waals surface area (Å²) >= 11 is 0.